The van der Waals surface area contributed by atoms with Gasteiger partial charge in [0.1, 0.15) is 0 Å². The van der Waals surface area contributed by atoms with E-state index in [1.165, 1.54) is 18.4 Å². The first-order valence-electron chi connectivity index (χ1n) is 5.48. The average Bonchev–Trinajstić information content (AvgIpc) is 2.30. The van der Waals surface area contributed by atoms with Gasteiger partial charge in [0.25, 0.3) is 0 Å². The number of benzene rings is 1. The summed E-state index contributed by atoms with van der Waals surface area (Å²) < 4.78 is 0. The first-order valence-corrected chi connectivity index (χ1v) is 5.86. The molecular weight excluding hydrogens is 208 g/mol. The number of halogens is 1. The third kappa shape index (κ3) is 2.71. The van der Waals surface area contributed by atoms with Crippen LogP contribution in [0.25, 0.3) is 0 Å². The van der Waals surface area contributed by atoms with Crippen LogP contribution in [-0.2, 0) is 0 Å². The van der Waals surface area contributed by atoms with Gasteiger partial charge in [-0.15, -0.1) is 0 Å². The van der Waals surface area contributed by atoms with E-state index in [0.717, 1.165) is 18.1 Å². The van der Waals surface area contributed by atoms with E-state index in [1.807, 2.05) is 12.1 Å². The number of nitrogens with one attached hydrogen (secondary N) is 1. The molecule has 1 heterocycles. The maximum Gasteiger partial charge on any atom is 0.0406 e. The summed E-state index contributed by atoms with van der Waals surface area (Å²) in [6.45, 7) is 1.82. The minimum Gasteiger partial charge on any atom is -0.330 e. The number of hydrogen-bond acceptors (Lipinski definition) is 2. The van der Waals surface area contributed by atoms with Gasteiger partial charge >= 0.3 is 0 Å². The maximum atomic E-state index is 5.86. The fraction of sp³-hybridized carbons (Fsp3) is 0.500. The van der Waals surface area contributed by atoms with Crippen molar-refractivity contribution < 1.29 is 0 Å². The minimum atomic E-state index is 0.477. The fourth-order valence-electron chi connectivity index (χ4n) is 2.10. The summed E-state index contributed by atoms with van der Waals surface area (Å²) in [7, 11) is 0. The van der Waals surface area contributed by atoms with Crippen molar-refractivity contribution in [3.8, 4) is 0 Å². The predicted molar refractivity (Wildman–Crippen MR) is 64.0 cm³/mol. The zero-order valence-corrected chi connectivity index (χ0v) is 9.50. The Labute approximate surface area is 95.8 Å². The second kappa shape index (κ2) is 4.97. The molecule has 3 N–H and O–H groups in total. The van der Waals surface area contributed by atoms with Crippen LogP contribution in [0.3, 0.4) is 0 Å². The number of nitrogens with two attached hydrogens (primary N) is 1. The number of hydrogen-bond donors (Lipinski definition) is 2. The van der Waals surface area contributed by atoms with Crippen molar-refractivity contribution in [3.63, 3.8) is 0 Å². The number of rotatable bonds is 2. The highest BCUT2D eigenvalue weighted by atomic mass is 35.5. The van der Waals surface area contributed by atoms with Gasteiger partial charge in [-0.1, -0.05) is 23.7 Å². The molecule has 1 aromatic carbocycles. The van der Waals surface area contributed by atoms with Crippen molar-refractivity contribution in [1.82, 2.24) is 5.32 Å². The molecule has 3 heteroatoms. The van der Waals surface area contributed by atoms with E-state index in [0.29, 0.717) is 12.0 Å². The lowest BCUT2D eigenvalue weighted by atomic mass is 9.91. The van der Waals surface area contributed by atoms with Crippen molar-refractivity contribution in [1.29, 1.82) is 0 Å². The highest BCUT2D eigenvalue weighted by Crippen LogP contribution is 2.26. The summed E-state index contributed by atoms with van der Waals surface area (Å²) in [4.78, 5) is 0. The van der Waals surface area contributed by atoms with Gasteiger partial charge in [0.2, 0.25) is 0 Å². The summed E-state index contributed by atoms with van der Waals surface area (Å²) in [5.41, 5.74) is 6.98. The Hall–Kier alpha value is -0.570. The maximum absolute atomic E-state index is 5.86. The molecule has 15 heavy (non-hydrogen) atoms. The first-order chi connectivity index (χ1) is 7.29. The Morgan fingerprint density at radius 1 is 1.27 bits per heavy atom. The molecule has 2 atom stereocenters. The zero-order valence-electron chi connectivity index (χ0n) is 8.75. The van der Waals surface area contributed by atoms with E-state index in [2.05, 4.69) is 17.4 Å². The third-order valence-electron chi connectivity index (χ3n) is 3.12. The van der Waals surface area contributed by atoms with E-state index >= 15 is 0 Å². The van der Waals surface area contributed by atoms with Gasteiger partial charge in [0.05, 0.1) is 0 Å². The molecule has 1 saturated heterocycles. The first kappa shape index (κ1) is 10.9. The van der Waals surface area contributed by atoms with Crippen LogP contribution in [0.2, 0.25) is 5.02 Å². The minimum absolute atomic E-state index is 0.477. The van der Waals surface area contributed by atoms with Gasteiger partial charge in [-0.25, -0.2) is 0 Å². The lowest BCUT2D eigenvalue weighted by molar-refractivity contribution is 0.320. The molecule has 0 radical (unpaired) electrons. The van der Waals surface area contributed by atoms with E-state index in [9.17, 15) is 0 Å². The van der Waals surface area contributed by atoms with Gasteiger partial charge in [0.15, 0.2) is 0 Å². The lowest BCUT2D eigenvalue weighted by Gasteiger charge is -2.29. The lowest BCUT2D eigenvalue weighted by Crippen LogP contribution is -2.36. The van der Waals surface area contributed by atoms with Crippen LogP contribution in [0.15, 0.2) is 24.3 Å². The van der Waals surface area contributed by atoms with Crippen LogP contribution < -0.4 is 11.1 Å². The normalized spacial score (nSPS) is 26.5. The molecule has 0 amide bonds. The summed E-state index contributed by atoms with van der Waals surface area (Å²) in [6, 6.07) is 8.58. The van der Waals surface area contributed by atoms with Crippen molar-refractivity contribution in [2.75, 3.05) is 13.1 Å². The Kier molecular flexibility index (Phi) is 3.62. The summed E-state index contributed by atoms with van der Waals surface area (Å²) >= 11 is 5.86. The summed E-state index contributed by atoms with van der Waals surface area (Å²) in [6.07, 6.45) is 2.39. The molecule has 1 fully saturated rings. The van der Waals surface area contributed by atoms with Crippen molar-refractivity contribution in [2.24, 2.45) is 11.7 Å². The van der Waals surface area contributed by atoms with Gasteiger partial charge in [-0.2, -0.15) is 0 Å². The third-order valence-corrected chi connectivity index (χ3v) is 3.37. The molecule has 0 bridgehead atoms. The van der Waals surface area contributed by atoms with Crippen molar-refractivity contribution in [2.45, 2.75) is 18.9 Å². The highest BCUT2D eigenvalue weighted by molar-refractivity contribution is 6.30. The molecule has 2 rings (SSSR count). The van der Waals surface area contributed by atoms with E-state index in [1.54, 1.807) is 0 Å². The highest BCUT2D eigenvalue weighted by Gasteiger charge is 2.20. The van der Waals surface area contributed by atoms with Gasteiger partial charge in [0, 0.05) is 11.1 Å². The van der Waals surface area contributed by atoms with Crippen molar-refractivity contribution >= 4 is 11.6 Å². The standard InChI is InChI=1S/C12H17ClN2/c13-11-4-2-10(3-5-11)12-6-1-9(7-14)8-15-12/h2-5,9,12,15H,1,6-8,14H2. The Bertz CT molecular complexity index is 302. The van der Waals surface area contributed by atoms with Gasteiger partial charge < -0.3 is 11.1 Å². The van der Waals surface area contributed by atoms with Crippen LogP contribution in [0.5, 0.6) is 0 Å². The topological polar surface area (TPSA) is 38.0 Å². The molecule has 0 spiro atoms. The van der Waals surface area contributed by atoms with E-state index in [4.69, 9.17) is 17.3 Å². The molecule has 82 valence electrons. The average molecular weight is 225 g/mol. The zero-order chi connectivity index (χ0) is 10.7. The quantitative estimate of drug-likeness (QED) is 0.810. The Morgan fingerprint density at radius 3 is 2.53 bits per heavy atom. The van der Waals surface area contributed by atoms with Crippen LogP contribution in [-0.4, -0.2) is 13.1 Å². The van der Waals surface area contributed by atoms with Crippen LogP contribution in [0, 0.1) is 5.92 Å². The molecule has 0 aromatic heterocycles. The molecule has 2 unspecified atom stereocenters. The summed E-state index contributed by atoms with van der Waals surface area (Å²) in [5, 5.41) is 4.33. The number of piperidine rings is 1. The van der Waals surface area contributed by atoms with Crippen molar-refractivity contribution in [3.05, 3.63) is 34.9 Å². The summed E-state index contributed by atoms with van der Waals surface area (Å²) in [5.74, 6) is 0.647. The molecule has 1 aliphatic rings. The fourth-order valence-corrected chi connectivity index (χ4v) is 2.22. The van der Waals surface area contributed by atoms with Gasteiger partial charge in [-0.3, -0.25) is 0 Å². The van der Waals surface area contributed by atoms with Crippen LogP contribution >= 0.6 is 11.6 Å². The van der Waals surface area contributed by atoms with Gasteiger partial charge in [-0.05, 0) is 49.5 Å². The smallest absolute Gasteiger partial charge is 0.0406 e. The second-order valence-corrected chi connectivity index (χ2v) is 4.63. The SMILES string of the molecule is NCC1CCC(c2ccc(Cl)cc2)NC1. The monoisotopic (exact) mass is 224 g/mol. The molecule has 1 aromatic rings. The Morgan fingerprint density at radius 2 is 2.00 bits per heavy atom. The molecule has 1 aliphatic heterocycles. The molecule has 0 saturated carbocycles. The molecular formula is C12H17ClN2. The predicted octanol–water partition coefficient (Wildman–Crippen LogP) is 2.34. The van der Waals surface area contributed by atoms with E-state index < -0.39 is 0 Å². The largest absolute Gasteiger partial charge is 0.330 e. The van der Waals surface area contributed by atoms with Crippen LogP contribution in [0.1, 0.15) is 24.4 Å². The van der Waals surface area contributed by atoms with E-state index in [-0.39, 0.29) is 0 Å². The Balaban J connectivity index is 1.98. The van der Waals surface area contributed by atoms with Crippen LogP contribution in [0.4, 0.5) is 0 Å². The second-order valence-electron chi connectivity index (χ2n) is 4.19. The molecule has 2 nitrogen and oxygen atoms in total. The molecule has 0 aliphatic carbocycles.